The summed E-state index contributed by atoms with van der Waals surface area (Å²) in [5, 5.41) is 6.65. The van der Waals surface area contributed by atoms with E-state index in [2.05, 4.69) is 15.4 Å². The number of aromatic nitrogens is 1. The van der Waals surface area contributed by atoms with Gasteiger partial charge in [0.25, 0.3) is 5.91 Å². The highest BCUT2D eigenvalue weighted by molar-refractivity contribution is 5.93. The Morgan fingerprint density at radius 1 is 1.15 bits per heavy atom. The van der Waals surface area contributed by atoms with Crippen LogP contribution in [-0.4, -0.2) is 55.4 Å². The zero-order valence-electron chi connectivity index (χ0n) is 14.7. The maximum absolute atomic E-state index is 13.0. The van der Waals surface area contributed by atoms with Crippen LogP contribution in [0.25, 0.3) is 11.3 Å². The van der Waals surface area contributed by atoms with Crippen molar-refractivity contribution in [1.29, 1.82) is 0 Å². The Labute approximate surface area is 152 Å². The molecule has 0 unspecified atom stereocenters. The summed E-state index contributed by atoms with van der Waals surface area (Å²) >= 11 is 0. The van der Waals surface area contributed by atoms with Crippen LogP contribution >= 0.6 is 0 Å². The lowest BCUT2D eigenvalue weighted by Gasteiger charge is -2.26. The number of hydrogen-bond donors (Lipinski definition) is 1. The summed E-state index contributed by atoms with van der Waals surface area (Å²) in [6.07, 6.45) is 3.12. The molecule has 1 saturated heterocycles. The maximum atomic E-state index is 13.0. The molecule has 0 radical (unpaired) electrons. The highest BCUT2D eigenvalue weighted by Crippen LogP contribution is 2.20. The van der Waals surface area contributed by atoms with Crippen molar-refractivity contribution in [2.45, 2.75) is 19.3 Å². The van der Waals surface area contributed by atoms with E-state index in [9.17, 15) is 9.18 Å². The van der Waals surface area contributed by atoms with Crippen LogP contribution in [0.3, 0.4) is 0 Å². The van der Waals surface area contributed by atoms with Crippen molar-refractivity contribution in [3.8, 4) is 11.3 Å². The van der Waals surface area contributed by atoms with E-state index in [1.165, 1.54) is 12.1 Å². The average Bonchev–Trinajstić information content (AvgIpc) is 3.16. The van der Waals surface area contributed by atoms with Crippen LogP contribution in [0.4, 0.5) is 4.39 Å². The van der Waals surface area contributed by atoms with Gasteiger partial charge in [0.2, 0.25) is 0 Å². The van der Waals surface area contributed by atoms with E-state index in [1.807, 2.05) is 0 Å². The molecule has 1 amide bonds. The zero-order chi connectivity index (χ0) is 18.2. The highest BCUT2D eigenvalue weighted by Gasteiger charge is 2.13. The molecule has 26 heavy (non-hydrogen) atoms. The molecule has 3 rings (SSSR count). The van der Waals surface area contributed by atoms with Crippen molar-refractivity contribution in [2.75, 3.05) is 39.4 Å². The average molecular weight is 361 g/mol. The van der Waals surface area contributed by atoms with Gasteiger partial charge in [0, 0.05) is 31.3 Å². The van der Waals surface area contributed by atoms with E-state index in [0.29, 0.717) is 17.9 Å². The number of morpholine rings is 1. The first-order valence-corrected chi connectivity index (χ1v) is 9.03. The summed E-state index contributed by atoms with van der Waals surface area (Å²) < 4.78 is 23.5. The molecule has 1 aliphatic heterocycles. The van der Waals surface area contributed by atoms with Crippen molar-refractivity contribution < 1.29 is 18.4 Å². The lowest BCUT2D eigenvalue weighted by atomic mass is 10.1. The molecule has 1 aromatic carbocycles. The Morgan fingerprint density at radius 2 is 1.92 bits per heavy atom. The van der Waals surface area contributed by atoms with Crippen LogP contribution in [0.2, 0.25) is 0 Å². The fourth-order valence-electron chi connectivity index (χ4n) is 2.89. The maximum Gasteiger partial charge on any atom is 0.273 e. The molecule has 7 heteroatoms. The zero-order valence-corrected chi connectivity index (χ0v) is 14.7. The number of nitrogens with one attached hydrogen (secondary N) is 1. The Morgan fingerprint density at radius 3 is 2.69 bits per heavy atom. The van der Waals surface area contributed by atoms with E-state index >= 15 is 0 Å². The largest absolute Gasteiger partial charge is 0.379 e. The third-order valence-electron chi connectivity index (χ3n) is 4.41. The number of carbonyl (C=O) groups excluding carboxylic acids is 1. The molecule has 0 bridgehead atoms. The molecule has 1 fully saturated rings. The number of benzene rings is 1. The molecule has 0 saturated carbocycles. The summed E-state index contributed by atoms with van der Waals surface area (Å²) in [4.78, 5) is 14.5. The topological polar surface area (TPSA) is 67.6 Å². The molecule has 2 aromatic rings. The first-order chi connectivity index (χ1) is 12.7. The molecule has 1 aliphatic rings. The van der Waals surface area contributed by atoms with Gasteiger partial charge in [-0.3, -0.25) is 9.69 Å². The first-order valence-electron chi connectivity index (χ1n) is 9.03. The van der Waals surface area contributed by atoms with Gasteiger partial charge in [0.05, 0.1) is 13.2 Å². The monoisotopic (exact) mass is 361 g/mol. The van der Waals surface area contributed by atoms with E-state index in [0.717, 1.165) is 52.1 Å². The van der Waals surface area contributed by atoms with E-state index < -0.39 is 0 Å². The van der Waals surface area contributed by atoms with Crippen molar-refractivity contribution in [3.63, 3.8) is 0 Å². The molecule has 0 spiro atoms. The van der Waals surface area contributed by atoms with Gasteiger partial charge in [0.1, 0.15) is 5.82 Å². The third-order valence-corrected chi connectivity index (χ3v) is 4.41. The van der Waals surface area contributed by atoms with E-state index in [1.54, 1.807) is 18.2 Å². The number of amides is 1. The molecule has 140 valence electrons. The molecule has 2 heterocycles. The fourth-order valence-corrected chi connectivity index (χ4v) is 2.89. The van der Waals surface area contributed by atoms with Crippen LogP contribution in [0.5, 0.6) is 0 Å². The molecule has 1 aromatic heterocycles. The van der Waals surface area contributed by atoms with Crippen LogP contribution in [0.1, 0.15) is 29.8 Å². The second kappa shape index (κ2) is 9.45. The minimum Gasteiger partial charge on any atom is -0.379 e. The minimum atomic E-state index is -0.320. The molecular formula is C19H24FN3O3. The van der Waals surface area contributed by atoms with Crippen molar-refractivity contribution in [3.05, 3.63) is 41.8 Å². The molecular weight excluding hydrogens is 337 g/mol. The number of ether oxygens (including phenoxy) is 1. The second-order valence-corrected chi connectivity index (χ2v) is 6.35. The van der Waals surface area contributed by atoms with Crippen molar-refractivity contribution in [2.24, 2.45) is 0 Å². The molecule has 0 aliphatic carbocycles. The predicted molar refractivity (Wildman–Crippen MR) is 95.3 cm³/mol. The molecule has 6 nitrogen and oxygen atoms in total. The van der Waals surface area contributed by atoms with E-state index in [-0.39, 0.29) is 17.4 Å². The van der Waals surface area contributed by atoms with Crippen LogP contribution in [-0.2, 0) is 4.74 Å². The number of carbonyl (C=O) groups is 1. The predicted octanol–water partition coefficient (Wildman–Crippen LogP) is 2.71. The summed E-state index contributed by atoms with van der Waals surface area (Å²) in [5.74, 6) is -0.129. The Balaban J connectivity index is 1.35. The second-order valence-electron chi connectivity index (χ2n) is 6.35. The van der Waals surface area contributed by atoms with Crippen LogP contribution in [0, 0.1) is 5.82 Å². The molecule has 1 N–H and O–H groups in total. The van der Waals surface area contributed by atoms with Gasteiger partial charge < -0.3 is 14.6 Å². The quantitative estimate of drug-likeness (QED) is 0.732. The third kappa shape index (κ3) is 5.37. The lowest BCUT2D eigenvalue weighted by molar-refractivity contribution is 0.0371. The number of rotatable bonds is 8. The van der Waals surface area contributed by atoms with E-state index in [4.69, 9.17) is 9.26 Å². The Bertz CT molecular complexity index is 696. The van der Waals surface area contributed by atoms with Gasteiger partial charge in [-0.25, -0.2) is 4.39 Å². The summed E-state index contributed by atoms with van der Waals surface area (Å²) in [6, 6.07) is 7.43. The van der Waals surface area contributed by atoms with Crippen LogP contribution in [0.15, 0.2) is 34.9 Å². The summed E-state index contributed by atoms with van der Waals surface area (Å²) in [5.41, 5.74) is 0.915. The fraction of sp³-hybridized carbons (Fsp3) is 0.474. The number of hydrogen-bond acceptors (Lipinski definition) is 5. The first kappa shape index (κ1) is 18.5. The van der Waals surface area contributed by atoms with Gasteiger partial charge in [-0.2, -0.15) is 0 Å². The minimum absolute atomic E-state index is 0.234. The van der Waals surface area contributed by atoms with Crippen molar-refractivity contribution >= 4 is 5.91 Å². The van der Waals surface area contributed by atoms with Crippen molar-refractivity contribution in [1.82, 2.24) is 15.4 Å². The van der Waals surface area contributed by atoms with Gasteiger partial charge in [-0.1, -0.05) is 11.6 Å². The Kier molecular flexibility index (Phi) is 6.74. The highest BCUT2D eigenvalue weighted by atomic mass is 19.1. The SMILES string of the molecule is O=C(NCCCCCN1CCOCC1)c1cc(-c2ccc(F)cc2)on1. The van der Waals surface area contributed by atoms with Gasteiger partial charge in [0.15, 0.2) is 11.5 Å². The van der Waals surface area contributed by atoms with Gasteiger partial charge in [-0.05, 0) is 43.7 Å². The van der Waals surface area contributed by atoms with Gasteiger partial charge >= 0.3 is 0 Å². The van der Waals surface area contributed by atoms with Crippen LogP contribution < -0.4 is 5.32 Å². The Hall–Kier alpha value is -2.25. The normalized spacial score (nSPS) is 15.1. The number of unbranched alkanes of at least 4 members (excludes halogenated alkanes) is 2. The van der Waals surface area contributed by atoms with Gasteiger partial charge in [-0.15, -0.1) is 0 Å². The number of nitrogens with zero attached hydrogens (tertiary/aromatic N) is 2. The number of halogens is 1. The standard InChI is InChI=1S/C19H24FN3O3/c20-16-6-4-15(5-7-16)18-14-17(22-26-18)19(24)21-8-2-1-3-9-23-10-12-25-13-11-23/h4-7,14H,1-3,8-13H2,(H,21,24). The molecule has 0 atom stereocenters. The summed E-state index contributed by atoms with van der Waals surface area (Å²) in [6.45, 7) is 5.38. The summed E-state index contributed by atoms with van der Waals surface area (Å²) in [7, 11) is 0. The lowest BCUT2D eigenvalue weighted by Crippen LogP contribution is -2.36. The smallest absolute Gasteiger partial charge is 0.273 e.